The van der Waals surface area contributed by atoms with Crippen molar-refractivity contribution in [2.45, 2.75) is 38.1 Å². The van der Waals surface area contributed by atoms with Gasteiger partial charge in [0.05, 0.1) is 21.6 Å². The number of ketones is 2. The van der Waals surface area contributed by atoms with Crippen molar-refractivity contribution in [3.63, 3.8) is 0 Å². The second kappa shape index (κ2) is 5.84. The molecule has 2 aliphatic carbocycles. The Bertz CT molecular complexity index is 825. The van der Waals surface area contributed by atoms with Crippen LogP contribution < -0.4 is 0 Å². The third-order valence-electron chi connectivity index (χ3n) is 4.62. The van der Waals surface area contributed by atoms with Crippen LogP contribution in [0.25, 0.3) is 0 Å². The molecule has 2 aliphatic rings. The molecule has 1 aromatic rings. The molecule has 7 nitrogen and oxygen atoms in total. The van der Waals surface area contributed by atoms with E-state index in [1.165, 1.54) is 6.92 Å². The number of hydrogen-bond donors (Lipinski definition) is 5. The molecule has 1 aromatic carbocycles. The maximum absolute atomic E-state index is 12.6. The Morgan fingerprint density at radius 2 is 1.84 bits per heavy atom. The molecule has 0 saturated heterocycles. The summed E-state index contributed by atoms with van der Waals surface area (Å²) in [5.74, 6) is -1.94. The van der Waals surface area contributed by atoms with Crippen LogP contribution in [0.1, 0.15) is 51.8 Å². The summed E-state index contributed by atoms with van der Waals surface area (Å²) in [6.07, 6.45) is -2.55. The molecule has 0 saturated carbocycles. The summed E-state index contributed by atoms with van der Waals surface area (Å²) in [5, 5.41) is 51.7. The predicted molar refractivity (Wildman–Crippen MR) is 89.9 cm³/mol. The number of carbonyl (C=O) groups is 2. The normalized spacial score (nSPS) is 28.4. The number of aliphatic hydroxyl groups is 3. The third kappa shape index (κ3) is 2.48. The van der Waals surface area contributed by atoms with E-state index in [-0.39, 0.29) is 28.0 Å². The van der Waals surface area contributed by atoms with Crippen molar-refractivity contribution in [2.24, 2.45) is 0 Å². The molecule has 3 rings (SSSR count). The van der Waals surface area contributed by atoms with Crippen molar-refractivity contribution in [1.29, 1.82) is 0 Å². The van der Waals surface area contributed by atoms with Crippen LogP contribution in [0.15, 0.2) is 11.0 Å². The number of phenolic OH excluding ortho intramolecular Hbond substituents is 2. The van der Waals surface area contributed by atoms with Gasteiger partial charge >= 0.3 is 0 Å². The summed E-state index contributed by atoms with van der Waals surface area (Å²) in [4.78, 5) is 25.2. The number of phenols is 2. The zero-order valence-electron chi connectivity index (χ0n) is 13.6. The van der Waals surface area contributed by atoms with Crippen LogP contribution in [0.3, 0.4) is 0 Å². The molecule has 25 heavy (non-hydrogen) atoms. The first-order valence-corrected chi connectivity index (χ1v) is 8.73. The Kier molecular flexibility index (Phi) is 4.19. The molecule has 0 radical (unpaired) electrons. The highest BCUT2D eigenvalue weighted by atomic mass is 32.2. The van der Waals surface area contributed by atoms with Crippen LogP contribution in [-0.4, -0.2) is 54.6 Å². The van der Waals surface area contributed by atoms with Gasteiger partial charge in [0.25, 0.3) is 0 Å². The maximum Gasteiger partial charge on any atom is 0.204 e. The zero-order chi connectivity index (χ0) is 18.7. The molecule has 8 heteroatoms. The van der Waals surface area contributed by atoms with Gasteiger partial charge in [-0.05, 0) is 12.7 Å². The Labute approximate surface area is 147 Å². The van der Waals surface area contributed by atoms with Crippen LogP contribution in [0.5, 0.6) is 11.5 Å². The van der Waals surface area contributed by atoms with E-state index in [1.54, 1.807) is 6.92 Å². The molecule has 0 heterocycles. The molecule has 5 N–H and O–H groups in total. The summed E-state index contributed by atoms with van der Waals surface area (Å²) in [7, 11) is 0. The summed E-state index contributed by atoms with van der Waals surface area (Å²) in [6, 6.07) is 0. The van der Waals surface area contributed by atoms with Crippen molar-refractivity contribution in [1.82, 2.24) is 0 Å². The fourth-order valence-corrected chi connectivity index (χ4v) is 4.09. The number of rotatable bonds is 2. The van der Waals surface area contributed by atoms with Crippen LogP contribution in [0, 0.1) is 0 Å². The molecule has 0 aromatic heterocycles. The van der Waals surface area contributed by atoms with Gasteiger partial charge in [0.2, 0.25) is 5.78 Å². The smallest absolute Gasteiger partial charge is 0.204 e. The van der Waals surface area contributed by atoms with Gasteiger partial charge in [-0.3, -0.25) is 9.59 Å². The molecule has 0 bridgehead atoms. The average molecular weight is 366 g/mol. The quantitative estimate of drug-likeness (QED) is 0.485. The number of aliphatic hydroxyl groups excluding tert-OH is 2. The minimum Gasteiger partial charge on any atom is -0.507 e. The van der Waals surface area contributed by atoms with E-state index in [4.69, 9.17) is 0 Å². The number of fused-ring (bicyclic) bond motifs is 2. The molecular formula is C17H18O7S. The largest absolute Gasteiger partial charge is 0.507 e. The second-order valence-electron chi connectivity index (χ2n) is 6.40. The number of thioether (sulfide) groups is 1. The lowest BCUT2D eigenvalue weighted by Gasteiger charge is -2.39. The van der Waals surface area contributed by atoms with Crippen molar-refractivity contribution in [3.05, 3.63) is 33.2 Å². The van der Waals surface area contributed by atoms with Crippen LogP contribution >= 0.6 is 11.8 Å². The Morgan fingerprint density at radius 1 is 1.20 bits per heavy atom. The number of aromatic hydroxyl groups is 2. The molecule has 0 spiro atoms. The minimum absolute atomic E-state index is 0.0528. The number of benzene rings is 1. The molecule has 3 unspecified atom stereocenters. The van der Waals surface area contributed by atoms with E-state index in [2.05, 4.69) is 0 Å². The number of hydrogen-bond acceptors (Lipinski definition) is 8. The summed E-state index contributed by atoms with van der Waals surface area (Å²) in [6.45, 7) is 3.07. The predicted octanol–water partition coefficient (Wildman–Crippen LogP) is 0.815. The van der Waals surface area contributed by atoms with Gasteiger partial charge in [-0.2, -0.15) is 0 Å². The number of Topliss-reactive ketones (excluding diaryl/α,β-unsaturated/α-hetero) is 1. The number of allylic oxidation sites excluding steroid dienone is 2. The standard InChI is InChI=1S/C17H18O7S/c1-3-25-8-4-7(18)10-11(13(8)20)12(19)6-5-17(2,24)16(23)15(22)9(6)14(10)21/h4,15-16,19,21-24H,3,5H2,1-2H3. The SMILES string of the molecule is CCSC1=CC(=O)c2c(O)c3c(c(O)c2C1=O)CC(C)(O)C(O)C3O. The zero-order valence-corrected chi connectivity index (χ0v) is 14.4. The summed E-state index contributed by atoms with van der Waals surface area (Å²) >= 11 is 1.14. The van der Waals surface area contributed by atoms with Crippen molar-refractivity contribution in [3.8, 4) is 11.5 Å². The first-order valence-electron chi connectivity index (χ1n) is 7.74. The average Bonchev–Trinajstić information content (AvgIpc) is 2.53. The van der Waals surface area contributed by atoms with Gasteiger partial charge in [0.1, 0.15) is 23.7 Å². The van der Waals surface area contributed by atoms with Gasteiger partial charge in [-0.1, -0.05) is 6.92 Å². The fraction of sp³-hybridized carbons (Fsp3) is 0.412. The maximum atomic E-state index is 12.6. The number of carbonyl (C=O) groups excluding carboxylic acids is 2. The van der Waals surface area contributed by atoms with Crippen molar-refractivity contribution in [2.75, 3.05) is 5.75 Å². The van der Waals surface area contributed by atoms with Gasteiger partial charge in [0, 0.05) is 23.6 Å². The monoisotopic (exact) mass is 366 g/mol. The topological polar surface area (TPSA) is 135 Å². The van der Waals surface area contributed by atoms with Gasteiger partial charge in [-0.25, -0.2) is 0 Å². The lowest BCUT2D eigenvalue weighted by atomic mass is 9.74. The molecule has 0 aliphatic heterocycles. The second-order valence-corrected chi connectivity index (χ2v) is 7.70. The fourth-order valence-electron chi connectivity index (χ4n) is 3.35. The molecule has 134 valence electrons. The van der Waals surface area contributed by atoms with Crippen LogP contribution in [-0.2, 0) is 6.42 Å². The highest BCUT2D eigenvalue weighted by Gasteiger charge is 2.47. The van der Waals surface area contributed by atoms with Gasteiger partial charge in [-0.15, -0.1) is 11.8 Å². The van der Waals surface area contributed by atoms with E-state index < -0.39 is 46.4 Å². The van der Waals surface area contributed by atoms with E-state index in [1.807, 2.05) is 0 Å². The first kappa shape index (κ1) is 17.9. The molecular weight excluding hydrogens is 348 g/mol. The van der Waals surface area contributed by atoms with E-state index in [0.29, 0.717) is 5.75 Å². The van der Waals surface area contributed by atoms with E-state index in [9.17, 15) is 35.1 Å². The van der Waals surface area contributed by atoms with E-state index in [0.717, 1.165) is 17.8 Å². The highest BCUT2D eigenvalue weighted by molar-refractivity contribution is 8.04. The van der Waals surface area contributed by atoms with Crippen molar-refractivity contribution >= 4 is 23.3 Å². The van der Waals surface area contributed by atoms with Gasteiger partial charge < -0.3 is 25.5 Å². The lowest BCUT2D eigenvalue weighted by molar-refractivity contribution is -0.126. The molecule has 0 fully saturated rings. The first-order chi connectivity index (χ1) is 11.6. The molecule has 3 atom stereocenters. The third-order valence-corrected chi connectivity index (χ3v) is 5.52. The Hall–Kier alpha value is -1.87. The highest BCUT2D eigenvalue weighted by Crippen LogP contribution is 2.49. The minimum atomic E-state index is -1.77. The summed E-state index contributed by atoms with van der Waals surface area (Å²) in [5.41, 5.74) is -2.80. The van der Waals surface area contributed by atoms with Crippen molar-refractivity contribution < 1.29 is 35.1 Å². The lowest BCUT2D eigenvalue weighted by Crippen LogP contribution is -2.48. The van der Waals surface area contributed by atoms with Crippen LogP contribution in [0.4, 0.5) is 0 Å². The molecule has 0 amide bonds. The Morgan fingerprint density at radius 3 is 2.44 bits per heavy atom. The summed E-state index contributed by atoms with van der Waals surface area (Å²) < 4.78 is 0. The van der Waals surface area contributed by atoms with Gasteiger partial charge in [0.15, 0.2) is 5.78 Å². The van der Waals surface area contributed by atoms with Crippen LogP contribution in [0.2, 0.25) is 0 Å². The Balaban J connectivity index is 2.30. The van der Waals surface area contributed by atoms with E-state index >= 15 is 0 Å².